The fourth-order valence-corrected chi connectivity index (χ4v) is 2.79. The zero-order valence-electron chi connectivity index (χ0n) is 13.1. The molecule has 118 valence electrons. The van der Waals surface area contributed by atoms with Crippen molar-refractivity contribution < 1.29 is 14.3 Å². The summed E-state index contributed by atoms with van der Waals surface area (Å²) in [6.07, 6.45) is 0.894. The maximum Gasteiger partial charge on any atom is 0.265 e. The maximum atomic E-state index is 12.8. The van der Waals surface area contributed by atoms with E-state index in [4.69, 9.17) is 4.74 Å². The quantitative estimate of drug-likeness (QED) is 0.947. The zero-order valence-corrected chi connectivity index (χ0v) is 13.1. The number of nitrogens with one attached hydrogen (secondary N) is 1. The van der Waals surface area contributed by atoms with Gasteiger partial charge in [0.05, 0.1) is 18.5 Å². The molecule has 2 aromatic carbocycles. The van der Waals surface area contributed by atoms with Crippen molar-refractivity contribution in [3.05, 3.63) is 53.6 Å². The standard InChI is InChI=1S/C18H18N2O3/c1-12(21)20(16-5-3-4-13-10-11-19-17(13)16)18(22)14-6-8-15(23-2)9-7-14/h3-9,19H,10-11H2,1-2H3. The molecule has 1 aliphatic heterocycles. The molecule has 2 aromatic rings. The molecule has 3 rings (SSSR count). The Hall–Kier alpha value is -2.82. The first-order valence-electron chi connectivity index (χ1n) is 7.46. The first kappa shape index (κ1) is 15.1. The lowest BCUT2D eigenvalue weighted by molar-refractivity contribution is -0.115. The Bertz CT molecular complexity index is 753. The molecule has 0 aliphatic carbocycles. The van der Waals surface area contributed by atoms with Crippen molar-refractivity contribution in [1.29, 1.82) is 0 Å². The molecule has 0 unspecified atom stereocenters. The average Bonchev–Trinajstić information content (AvgIpc) is 3.04. The molecular formula is C18H18N2O3. The van der Waals surface area contributed by atoms with E-state index >= 15 is 0 Å². The van der Waals surface area contributed by atoms with Crippen LogP contribution in [0.4, 0.5) is 11.4 Å². The van der Waals surface area contributed by atoms with Gasteiger partial charge in [-0.3, -0.25) is 9.59 Å². The minimum absolute atomic E-state index is 0.312. The molecule has 0 spiro atoms. The van der Waals surface area contributed by atoms with Gasteiger partial charge in [-0.05, 0) is 42.3 Å². The van der Waals surface area contributed by atoms with Gasteiger partial charge in [-0.1, -0.05) is 12.1 Å². The van der Waals surface area contributed by atoms with Crippen molar-refractivity contribution in [3.8, 4) is 5.75 Å². The highest BCUT2D eigenvalue weighted by molar-refractivity contribution is 6.22. The van der Waals surface area contributed by atoms with E-state index in [1.807, 2.05) is 12.1 Å². The topological polar surface area (TPSA) is 58.6 Å². The molecule has 0 bridgehead atoms. The number of hydrogen-bond acceptors (Lipinski definition) is 4. The molecule has 0 radical (unpaired) electrons. The van der Waals surface area contributed by atoms with Gasteiger partial charge in [0.25, 0.3) is 5.91 Å². The van der Waals surface area contributed by atoms with Gasteiger partial charge in [0.15, 0.2) is 0 Å². The first-order chi connectivity index (χ1) is 11.1. The summed E-state index contributed by atoms with van der Waals surface area (Å²) in [7, 11) is 1.57. The Kier molecular flexibility index (Phi) is 4.02. The lowest BCUT2D eigenvalue weighted by Gasteiger charge is -2.22. The number of para-hydroxylation sites is 1. The summed E-state index contributed by atoms with van der Waals surface area (Å²) in [5.74, 6) is 0.00775. The second-order valence-corrected chi connectivity index (χ2v) is 5.38. The molecule has 23 heavy (non-hydrogen) atoms. The Morgan fingerprint density at radius 1 is 1.13 bits per heavy atom. The van der Waals surface area contributed by atoms with Crippen molar-refractivity contribution in [2.24, 2.45) is 0 Å². The van der Waals surface area contributed by atoms with E-state index in [0.717, 1.165) is 24.2 Å². The lowest BCUT2D eigenvalue weighted by atomic mass is 10.1. The van der Waals surface area contributed by atoms with E-state index < -0.39 is 0 Å². The number of hydrogen-bond donors (Lipinski definition) is 1. The van der Waals surface area contributed by atoms with Crippen LogP contribution in [-0.2, 0) is 11.2 Å². The summed E-state index contributed by atoms with van der Waals surface area (Å²) in [5, 5.41) is 3.26. The highest BCUT2D eigenvalue weighted by atomic mass is 16.5. The number of carbonyl (C=O) groups is 2. The number of rotatable bonds is 3. The average molecular weight is 310 g/mol. The van der Waals surface area contributed by atoms with Crippen LogP contribution in [-0.4, -0.2) is 25.5 Å². The molecule has 1 aliphatic rings. The van der Waals surface area contributed by atoms with Gasteiger partial charge in [0.1, 0.15) is 5.75 Å². The highest BCUT2D eigenvalue weighted by Crippen LogP contribution is 2.34. The number of carbonyl (C=O) groups excluding carboxylic acids is 2. The second kappa shape index (κ2) is 6.12. The predicted molar refractivity (Wildman–Crippen MR) is 89.1 cm³/mol. The zero-order chi connectivity index (χ0) is 16.4. The largest absolute Gasteiger partial charge is 0.497 e. The van der Waals surface area contributed by atoms with Gasteiger partial charge in [0, 0.05) is 19.0 Å². The third-order valence-electron chi connectivity index (χ3n) is 3.92. The molecule has 0 atom stereocenters. The molecular weight excluding hydrogens is 292 g/mol. The molecule has 5 heteroatoms. The van der Waals surface area contributed by atoms with Gasteiger partial charge < -0.3 is 10.1 Å². The van der Waals surface area contributed by atoms with Crippen molar-refractivity contribution in [3.63, 3.8) is 0 Å². The molecule has 0 saturated heterocycles. The number of nitrogens with zero attached hydrogens (tertiary/aromatic N) is 1. The number of fused-ring (bicyclic) bond motifs is 1. The van der Waals surface area contributed by atoms with E-state index in [0.29, 0.717) is 17.0 Å². The van der Waals surface area contributed by atoms with Crippen LogP contribution in [0.2, 0.25) is 0 Å². The second-order valence-electron chi connectivity index (χ2n) is 5.38. The van der Waals surface area contributed by atoms with Gasteiger partial charge in [-0.15, -0.1) is 0 Å². The Morgan fingerprint density at radius 3 is 2.52 bits per heavy atom. The van der Waals surface area contributed by atoms with E-state index in [1.165, 1.54) is 11.8 Å². The fourth-order valence-electron chi connectivity index (χ4n) is 2.79. The number of imide groups is 1. The molecule has 1 N–H and O–H groups in total. The summed E-state index contributed by atoms with van der Waals surface area (Å²) < 4.78 is 5.10. The normalized spacial score (nSPS) is 12.3. The third-order valence-corrected chi connectivity index (χ3v) is 3.92. The number of ether oxygens (including phenoxy) is 1. The van der Waals surface area contributed by atoms with Crippen LogP contribution in [0.3, 0.4) is 0 Å². The highest BCUT2D eigenvalue weighted by Gasteiger charge is 2.26. The van der Waals surface area contributed by atoms with Gasteiger partial charge in [-0.2, -0.15) is 0 Å². The molecule has 2 amide bonds. The minimum Gasteiger partial charge on any atom is -0.497 e. The monoisotopic (exact) mass is 310 g/mol. The van der Waals surface area contributed by atoms with Crippen molar-refractivity contribution in [2.45, 2.75) is 13.3 Å². The van der Waals surface area contributed by atoms with Crippen molar-refractivity contribution >= 4 is 23.2 Å². The van der Waals surface area contributed by atoms with Crippen LogP contribution >= 0.6 is 0 Å². The van der Waals surface area contributed by atoms with Crippen molar-refractivity contribution in [2.75, 3.05) is 23.9 Å². The predicted octanol–water partition coefficient (Wildman–Crippen LogP) is 2.86. The summed E-state index contributed by atoms with van der Waals surface area (Å²) >= 11 is 0. The SMILES string of the molecule is COc1ccc(C(=O)N(C(C)=O)c2cccc3c2NCC3)cc1. The van der Waals surface area contributed by atoms with E-state index in [9.17, 15) is 9.59 Å². The summed E-state index contributed by atoms with van der Waals surface area (Å²) in [5.41, 5.74) is 3.03. The molecule has 5 nitrogen and oxygen atoms in total. The summed E-state index contributed by atoms with van der Waals surface area (Å²) in [6, 6.07) is 12.4. The number of anilines is 2. The van der Waals surface area contributed by atoms with E-state index in [-0.39, 0.29) is 11.8 Å². The smallest absolute Gasteiger partial charge is 0.265 e. The number of methoxy groups -OCH3 is 1. The number of benzene rings is 2. The summed E-state index contributed by atoms with van der Waals surface area (Å²) in [4.78, 5) is 26.2. The van der Waals surface area contributed by atoms with E-state index in [2.05, 4.69) is 5.32 Å². The van der Waals surface area contributed by atoms with Crippen LogP contribution in [0.1, 0.15) is 22.8 Å². The lowest BCUT2D eigenvalue weighted by Crippen LogP contribution is -2.35. The fraction of sp³-hybridized carbons (Fsp3) is 0.222. The van der Waals surface area contributed by atoms with Crippen LogP contribution in [0.25, 0.3) is 0 Å². The molecule has 0 fully saturated rings. The van der Waals surface area contributed by atoms with Crippen LogP contribution in [0.15, 0.2) is 42.5 Å². The van der Waals surface area contributed by atoms with Crippen molar-refractivity contribution in [1.82, 2.24) is 0 Å². The van der Waals surface area contributed by atoms with Gasteiger partial charge in [-0.25, -0.2) is 4.90 Å². The van der Waals surface area contributed by atoms with Crippen LogP contribution in [0.5, 0.6) is 5.75 Å². The summed E-state index contributed by atoms with van der Waals surface area (Å²) in [6.45, 7) is 2.21. The van der Waals surface area contributed by atoms with Crippen LogP contribution < -0.4 is 15.0 Å². The first-order valence-corrected chi connectivity index (χ1v) is 7.46. The van der Waals surface area contributed by atoms with E-state index in [1.54, 1.807) is 37.4 Å². The van der Waals surface area contributed by atoms with Gasteiger partial charge in [0.2, 0.25) is 5.91 Å². The van der Waals surface area contributed by atoms with Crippen LogP contribution in [0, 0.1) is 0 Å². The Labute approximate surface area is 134 Å². The number of amides is 2. The molecule has 0 aromatic heterocycles. The Balaban J connectivity index is 2.00. The molecule has 0 saturated carbocycles. The minimum atomic E-state index is -0.345. The maximum absolute atomic E-state index is 12.8. The molecule has 1 heterocycles. The van der Waals surface area contributed by atoms with Gasteiger partial charge >= 0.3 is 0 Å². The third kappa shape index (κ3) is 2.77. The Morgan fingerprint density at radius 2 is 1.87 bits per heavy atom.